The molecule has 15 heavy (non-hydrogen) atoms. The van der Waals surface area contributed by atoms with E-state index in [1.165, 1.54) is 0 Å². The van der Waals surface area contributed by atoms with Crippen molar-refractivity contribution >= 4 is 10.0 Å². The van der Waals surface area contributed by atoms with Gasteiger partial charge in [0.15, 0.2) is 0 Å². The van der Waals surface area contributed by atoms with E-state index in [4.69, 9.17) is 5.11 Å². The number of aliphatic hydroxyl groups is 1. The van der Waals surface area contributed by atoms with Crippen molar-refractivity contribution in [3.63, 3.8) is 0 Å². The van der Waals surface area contributed by atoms with Crippen LogP contribution >= 0.6 is 0 Å². The van der Waals surface area contributed by atoms with Crippen molar-refractivity contribution < 1.29 is 13.5 Å². The number of rotatable bonds is 7. The topological polar surface area (TPSA) is 66.4 Å². The van der Waals surface area contributed by atoms with Crippen LogP contribution in [0.15, 0.2) is 0 Å². The second-order valence-corrected chi connectivity index (χ2v) is 6.18. The molecule has 0 bridgehead atoms. The van der Waals surface area contributed by atoms with Gasteiger partial charge in [-0.1, -0.05) is 12.8 Å². The predicted molar refractivity (Wildman–Crippen MR) is 60.1 cm³/mol. The predicted octanol–water partition coefficient (Wildman–Crippen LogP) is 1.01. The quantitative estimate of drug-likeness (QED) is 0.647. The fourth-order valence-corrected chi connectivity index (χ4v) is 3.56. The fraction of sp³-hybridized carbons (Fsp3) is 1.00. The van der Waals surface area contributed by atoms with Crippen LogP contribution in [0.3, 0.4) is 0 Å². The number of sulfonamides is 1. The van der Waals surface area contributed by atoms with Crippen molar-refractivity contribution in [2.45, 2.75) is 50.2 Å². The summed E-state index contributed by atoms with van der Waals surface area (Å²) in [4.78, 5) is 0. The Morgan fingerprint density at radius 2 is 1.80 bits per heavy atom. The molecule has 1 saturated carbocycles. The van der Waals surface area contributed by atoms with E-state index in [9.17, 15) is 8.42 Å². The third-order valence-corrected chi connectivity index (χ3v) is 4.83. The van der Waals surface area contributed by atoms with E-state index in [2.05, 4.69) is 4.72 Å². The van der Waals surface area contributed by atoms with Gasteiger partial charge in [-0.05, 0) is 32.1 Å². The standard InChI is InChI=1S/C10H21NO3S/c12-9-5-1-4-8-11-15(13,14)10-6-2-3-7-10/h10-12H,1-9H2. The highest BCUT2D eigenvalue weighted by Crippen LogP contribution is 2.23. The van der Waals surface area contributed by atoms with E-state index in [-0.39, 0.29) is 11.9 Å². The Morgan fingerprint density at radius 1 is 1.13 bits per heavy atom. The minimum atomic E-state index is -3.06. The van der Waals surface area contributed by atoms with Gasteiger partial charge in [0.1, 0.15) is 0 Å². The molecule has 1 rings (SSSR count). The molecule has 0 radical (unpaired) electrons. The molecule has 0 aliphatic heterocycles. The summed E-state index contributed by atoms with van der Waals surface area (Å²) in [7, 11) is -3.06. The second-order valence-electron chi connectivity index (χ2n) is 4.13. The van der Waals surface area contributed by atoms with Gasteiger partial charge in [0, 0.05) is 13.2 Å². The average Bonchev–Trinajstić information content (AvgIpc) is 2.70. The molecule has 90 valence electrons. The van der Waals surface area contributed by atoms with Crippen LogP contribution in [0.1, 0.15) is 44.9 Å². The van der Waals surface area contributed by atoms with Crippen LogP contribution in [0.25, 0.3) is 0 Å². The first kappa shape index (κ1) is 12.9. The highest BCUT2D eigenvalue weighted by atomic mass is 32.2. The van der Waals surface area contributed by atoms with Crippen LogP contribution in [0.2, 0.25) is 0 Å². The zero-order valence-electron chi connectivity index (χ0n) is 9.11. The Labute approximate surface area is 92.1 Å². The number of unbranched alkanes of at least 4 members (excludes halogenated alkanes) is 2. The van der Waals surface area contributed by atoms with Crippen molar-refractivity contribution in [3.05, 3.63) is 0 Å². The summed E-state index contributed by atoms with van der Waals surface area (Å²) in [6.45, 7) is 0.703. The lowest BCUT2D eigenvalue weighted by Crippen LogP contribution is -2.33. The molecule has 0 amide bonds. The summed E-state index contributed by atoms with van der Waals surface area (Å²) in [6, 6.07) is 0. The van der Waals surface area contributed by atoms with Crippen molar-refractivity contribution in [1.82, 2.24) is 4.72 Å². The molecule has 1 fully saturated rings. The lowest BCUT2D eigenvalue weighted by molar-refractivity contribution is 0.283. The van der Waals surface area contributed by atoms with E-state index in [0.29, 0.717) is 6.54 Å². The monoisotopic (exact) mass is 235 g/mol. The van der Waals surface area contributed by atoms with Gasteiger partial charge in [-0.2, -0.15) is 0 Å². The Bertz CT molecular complexity index is 258. The Balaban J connectivity index is 2.18. The van der Waals surface area contributed by atoms with E-state index in [1.807, 2.05) is 0 Å². The van der Waals surface area contributed by atoms with E-state index >= 15 is 0 Å². The first-order valence-corrected chi connectivity index (χ1v) is 7.31. The molecule has 0 atom stereocenters. The highest BCUT2D eigenvalue weighted by molar-refractivity contribution is 7.90. The Kier molecular flexibility index (Phi) is 5.56. The molecule has 1 aliphatic carbocycles. The Hall–Kier alpha value is -0.130. The van der Waals surface area contributed by atoms with E-state index < -0.39 is 10.0 Å². The lowest BCUT2D eigenvalue weighted by atomic mass is 10.2. The molecular weight excluding hydrogens is 214 g/mol. The van der Waals surface area contributed by atoms with Gasteiger partial charge < -0.3 is 5.11 Å². The van der Waals surface area contributed by atoms with Gasteiger partial charge in [-0.25, -0.2) is 13.1 Å². The molecule has 2 N–H and O–H groups in total. The van der Waals surface area contributed by atoms with Crippen LogP contribution in [-0.2, 0) is 10.0 Å². The minimum absolute atomic E-state index is 0.157. The smallest absolute Gasteiger partial charge is 0.214 e. The summed E-state index contributed by atoms with van der Waals surface area (Å²) in [5.41, 5.74) is 0. The number of hydrogen-bond donors (Lipinski definition) is 2. The van der Waals surface area contributed by atoms with Crippen LogP contribution in [0.5, 0.6) is 0 Å². The second kappa shape index (κ2) is 6.45. The molecule has 0 unspecified atom stereocenters. The van der Waals surface area contributed by atoms with Gasteiger partial charge >= 0.3 is 0 Å². The largest absolute Gasteiger partial charge is 0.396 e. The number of nitrogens with one attached hydrogen (secondary N) is 1. The third kappa shape index (κ3) is 4.49. The normalized spacial score (nSPS) is 18.5. The molecule has 1 aliphatic rings. The fourth-order valence-electron chi connectivity index (χ4n) is 1.94. The van der Waals surface area contributed by atoms with Crippen molar-refractivity contribution in [2.75, 3.05) is 13.2 Å². The van der Waals surface area contributed by atoms with E-state index in [1.54, 1.807) is 0 Å². The zero-order valence-corrected chi connectivity index (χ0v) is 9.93. The zero-order chi connectivity index (χ0) is 11.1. The van der Waals surface area contributed by atoms with Crippen molar-refractivity contribution in [3.8, 4) is 0 Å². The van der Waals surface area contributed by atoms with Crippen LogP contribution in [0.4, 0.5) is 0 Å². The maximum absolute atomic E-state index is 11.7. The van der Waals surface area contributed by atoms with Gasteiger partial charge in [0.2, 0.25) is 10.0 Å². The first-order chi connectivity index (χ1) is 7.17. The Morgan fingerprint density at radius 3 is 2.40 bits per heavy atom. The van der Waals surface area contributed by atoms with Crippen LogP contribution in [0, 0.1) is 0 Å². The summed E-state index contributed by atoms with van der Waals surface area (Å²) < 4.78 is 26.1. The maximum atomic E-state index is 11.7. The number of aliphatic hydroxyl groups excluding tert-OH is 1. The molecular formula is C10H21NO3S. The highest BCUT2D eigenvalue weighted by Gasteiger charge is 2.27. The van der Waals surface area contributed by atoms with Gasteiger partial charge in [0.25, 0.3) is 0 Å². The summed E-state index contributed by atoms with van der Waals surface area (Å²) >= 11 is 0. The SMILES string of the molecule is O=S(=O)(NCCCCCO)C1CCCC1. The molecule has 4 nitrogen and oxygen atoms in total. The summed E-state index contributed by atoms with van der Waals surface area (Å²) in [5, 5.41) is 8.40. The molecule has 0 heterocycles. The molecule has 0 aromatic carbocycles. The van der Waals surface area contributed by atoms with Gasteiger partial charge in [-0.15, -0.1) is 0 Å². The molecule has 0 spiro atoms. The lowest BCUT2D eigenvalue weighted by Gasteiger charge is -2.11. The maximum Gasteiger partial charge on any atom is 0.214 e. The molecule has 5 heteroatoms. The van der Waals surface area contributed by atoms with Gasteiger partial charge in [-0.3, -0.25) is 0 Å². The average molecular weight is 235 g/mol. The third-order valence-electron chi connectivity index (χ3n) is 2.88. The minimum Gasteiger partial charge on any atom is -0.396 e. The van der Waals surface area contributed by atoms with Crippen molar-refractivity contribution in [1.29, 1.82) is 0 Å². The molecule has 0 saturated heterocycles. The first-order valence-electron chi connectivity index (χ1n) is 5.76. The van der Waals surface area contributed by atoms with Crippen molar-refractivity contribution in [2.24, 2.45) is 0 Å². The van der Waals surface area contributed by atoms with Crippen LogP contribution in [-0.4, -0.2) is 31.9 Å². The molecule has 0 aromatic rings. The van der Waals surface area contributed by atoms with E-state index in [0.717, 1.165) is 44.9 Å². The van der Waals surface area contributed by atoms with Gasteiger partial charge in [0.05, 0.1) is 5.25 Å². The summed E-state index contributed by atoms with van der Waals surface area (Å²) in [5.74, 6) is 0. The number of hydrogen-bond acceptors (Lipinski definition) is 3. The summed E-state index contributed by atoms with van der Waals surface area (Å²) in [6.07, 6.45) is 6.14. The molecule has 0 aromatic heterocycles. The van der Waals surface area contributed by atoms with Crippen LogP contribution < -0.4 is 4.72 Å².